The van der Waals surface area contributed by atoms with Gasteiger partial charge in [0.15, 0.2) is 0 Å². The molecule has 190 valence electrons. The quantitative estimate of drug-likeness (QED) is 0.392. The monoisotopic (exact) mass is 509 g/mol. The van der Waals surface area contributed by atoms with Crippen LogP contribution in [-0.4, -0.2) is 38.5 Å². The molecule has 1 aromatic carbocycles. The number of nitrogens with one attached hydrogen (secondary N) is 1. The fourth-order valence-electron chi connectivity index (χ4n) is 4.43. The fourth-order valence-corrected chi connectivity index (χ4v) is 4.43. The summed E-state index contributed by atoms with van der Waals surface area (Å²) in [6.45, 7) is 2.79. The van der Waals surface area contributed by atoms with Gasteiger partial charge in [0.25, 0.3) is 5.56 Å². The Balaban J connectivity index is 1.55. The van der Waals surface area contributed by atoms with E-state index in [1.54, 1.807) is 6.92 Å². The van der Waals surface area contributed by atoms with Crippen LogP contribution in [0.15, 0.2) is 71.8 Å². The van der Waals surface area contributed by atoms with Crippen LogP contribution in [-0.2, 0) is 6.18 Å². The molecular formula is C26H22F3N5O3. The highest BCUT2D eigenvalue weighted by molar-refractivity contribution is 5.93. The molecule has 1 aliphatic heterocycles. The molecule has 4 aromatic rings. The summed E-state index contributed by atoms with van der Waals surface area (Å²) in [6.07, 6.45) is -2.60. The molecule has 1 fully saturated rings. The van der Waals surface area contributed by atoms with Gasteiger partial charge in [-0.3, -0.25) is 9.20 Å². The topological polar surface area (TPSA) is 99.8 Å². The minimum absolute atomic E-state index is 0.00925. The third-order valence-corrected chi connectivity index (χ3v) is 6.44. The lowest BCUT2D eigenvalue weighted by Gasteiger charge is -2.40. The van der Waals surface area contributed by atoms with Gasteiger partial charge in [-0.05, 0) is 30.7 Å². The Morgan fingerprint density at radius 1 is 1.14 bits per heavy atom. The molecule has 1 unspecified atom stereocenters. The molecule has 5 rings (SSSR count). The van der Waals surface area contributed by atoms with Crippen molar-refractivity contribution in [3.8, 4) is 0 Å². The smallest absolute Gasteiger partial charge is 0.417 e. The number of hydrogen-bond acceptors (Lipinski definition) is 6. The molecule has 1 saturated heterocycles. The van der Waals surface area contributed by atoms with Crippen molar-refractivity contribution in [1.82, 2.24) is 14.4 Å². The van der Waals surface area contributed by atoms with Crippen LogP contribution in [0.4, 0.5) is 24.8 Å². The largest absolute Gasteiger partial charge is 0.478 e. The van der Waals surface area contributed by atoms with Gasteiger partial charge in [0.1, 0.15) is 22.8 Å². The van der Waals surface area contributed by atoms with Crippen molar-refractivity contribution in [3.05, 3.63) is 99.6 Å². The molecule has 2 N–H and O–H groups in total. The van der Waals surface area contributed by atoms with Crippen molar-refractivity contribution in [2.45, 2.75) is 25.1 Å². The zero-order valence-electron chi connectivity index (χ0n) is 19.6. The number of carbonyl (C=O) groups is 1. The van der Waals surface area contributed by atoms with Gasteiger partial charge in [0.2, 0.25) is 0 Å². The third kappa shape index (κ3) is 4.72. The minimum Gasteiger partial charge on any atom is -0.478 e. The number of nitrogens with zero attached hydrogens (tertiary/aromatic N) is 4. The van der Waals surface area contributed by atoms with Gasteiger partial charge in [0, 0.05) is 43.0 Å². The van der Waals surface area contributed by atoms with E-state index in [4.69, 9.17) is 0 Å². The molecule has 1 atom stereocenters. The van der Waals surface area contributed by atoms with Gasteiger partial charge in [-0.1, -0.05) is 30.3 Å². The standard InChI is InChI=1S/C26H22F3N5O3/c1-15(31-23-19(25(36)37)8-5-9-30-23)20-10-18(26(27,28)29)14-34-22(35)11-21(32-24(20)34)33-12-17(13-33)16-6-3-2-4-7-16/h2-11,14-15,17H,12-13H2,1H3,(H,30,31)(H,36,37). The van der Waals surface area contributed by atoms with Crippen molar-refractivity contribution < 1.29 is 23.1 Å². The van der Waals surface area contributed by atoms with E-state index in [-0.39, 0.29) is 28.5 Å². The molecule has 4 heterocycles. The van der Waals surface area contributed by atoms with Crippen molar-refractivity contribution in [1.29, 1.82) is 0 Å². The Morgan fingerprint density at radius 2 is 1.86 bits per heavy atom. The second-order valence-corrected chi connectivity index (χ2v) is 8.91. The first-order valence-electron chi connectivity index (χ1n) is 11.5. The first kappa shape index (κ1) is 24.3. The molecular weight excluding hydrogens is 487 g/mol. The average Bonchev–Trinajstić information content (AvgIpc) is 2.83. The Hall–Kier alpha value is -4.41. The first-order chi connectivity index (χ1) is 17.6. The highest BCUT2D eigenvalue weighted by Crippen LogP contribution is 2.34. The molecule has 3 aromatic heterocycles. The van der Waals surface area contributed by atoms with Gasteiger partial charge in [-0.2, -0.15) is 13.2 Å². The number of alkyl halides is 3. The number of benzene rings is 1. The molecule has 0 spiro atoms. The number of halogens is 3. The SMILES string of the molecule is CC(Nc1ncccc1C(=O)O)c1cc(C(F)(F)F)cn2c(=O)cc(N3CC(c4ccccc4)C3)nc12. The number of fused-ring (bicyclic) bond motifs is 1. The third-order valence-electron chi connectivity index (χ3n) is 6.44. The van der Waals surface area contributed by atoms with E-state index >= 15 is 0 Å². The number of pyridine rings is 2. The maximum Gasteiger partial charge on any atom is 0.417 e. The van der Waals surface area contributed by atoms with Crippen LogP contribution in [0.25, 0.3) is 5.65 Å². The number of rotatable bonds is 6. The lowest BCUT2D eigenvalue weighted by molar-refractivity contribution is -0.137. The maximum absolute atomic E-state index is 13.7. The maximum atomic E-state index is 13.7. The molecule has 8 nitrogen and oxygen atoms in total. The molecule has 1 aliphatic rings. The van der Waals surface area contributed by atoms with Gasteiger partial charge < -0.3 is 15.3 Å². The number of aromatic nitrogens is 3. The van der Waals surface area contributed by atoms with E-state index in [2.05, 4.69) is 15.3 Å². The molecule has 0 bridgehead atoms. The van der Waals surface area contributed by atoms with Gasteiger partial charge in [0.05, 0.1) is 11.6 Å². The lowest BCUT2D eigenvalue weighted by Crippen LogP contribution is -2.46. The van der Waals surface area contributed by atoms with E-state index in [0.29, 0.717) is 18.9 Å². The number of hydrogen-bond donors (Lipinski definition) is 2. The summed E-state index contributed by atoms with van der Waals surface area (Å²) < 4.78 is 42.0. The van der Waals surface area contributed by atoms with Crippen LogP contribution < -0.4 is 15.8 Å². The number of aromatic carboxylic acids is 1. The number of carboxylic acids is 1. The highest BCUT2D eigenvalue weighted by Gasteiger charge is 2.34. The number of anilines is 2. The van der Waals surface area contributed by atoms with Crippen molar-refractivity contribution >= 4 is 23.3 Å². The predicted octanol–water partition coefficient (Wildman–Crippen LogP) is 4.58. The molecule has 37 heavy (non-hydrogen) atoms. The van der Waals surface area contributed by atoms with E-state index in [0.717, 1.165) is 22.2 Å². The summed E-state index contributed by atoms with van der Waals surface area (Å²) in [5.74, 6) is -0.619. The van der Waals surface area contributed by atoms with Crippen molar-refractivity contribution in [2.75, 3.05) is 23.3 Å². The van der Waals surface area contributed by atoms with Gasteiger partial charge in [-0.25, -0.2) is 14.8 Å². The zero-order chi connectivity index (χ0) is 26.3. The Kier molecular flexibility index (Phi) is 6.06. The van der Waals surface area contributed by atoms with Crippen molar-refractivity contribution in [3.63, 3.8) is 0 Å². The highest BCUT2D eigenvalue weighted by atomic mass is 19.4. The van der Waals surface area contributed by atoms with E-state index in [9.17, 15) is 27.9 Å². The Morgan fingerprint density at radius 3 is 2.54 bits per heavy atom. The summed E-state index contributed by atoms with van der Waals surface area (Å²) in [5.41, 5.74) is -0.514. The van der Waals surface area contributed by atoms with Crippen LogP contribution in [0, 0.1) is 0 Å². The Bertz CT molecular complexity index is 1530. The van der Waals surface area contributed by atoms with Gasteiger partial charge in [-0.15, -0.1) is 0 Å². The van der Waals surface area contributed by atoms with Crippen LogP contribution in [0.1, 0.15) is 45.9 Å². The van der Waals surface area contributed by atoms with Gasteiger partial charge >= 0.3 is 12.1 Å². The average molecular weight is 509 g/mol. The van der Waals surface area contributed by atoms with E-state index in [1.807, 2.05) is 35.2 Å². The van der Waals surface area contributed by atoms with Crippen LogP contribution in [0.3, 0.4) is 0 Å². The lowest BCUT2D eigenvalue weighted by atomic mass is 9.91. The predicted molar refractivity (Wildman–Crippen MR) is 131 cm³/mol. The normalized spacial score (nSPS) is 14.9. The molecule has 11 heteroatoms. The summed E-state index contributed by atoms with van der Waals surface area (Å²) in [4.78, 5) is 35.1. The number of carboxylic acid groups (broad SMARTS) is 1. The fraction of sp³-hybridized carbons (Fsp3) is 0.231. The summed E-state index contributed by atoms with van der Waals surface area (Å²) in [5, 5.41) is 12.3. The second-order valence-electron chi connectivity index (χ2n) is 8.91. The van der Waals surface area contributed by atoms with Crippen molar-refractivity contribution in [2.24, 2.45) is 0 Å². The zero-order valence-corrected chi connectivity index (χ0v) is 19.6. The summed E-state index contributed by atoms with van der Waals surface area (Å²) in [7, 11) is 0. The molecule has 0 saturated carbocycles. The summed E-state index contributed by atoms with van der Waals surface area (Å²) in [6, 6.07) is 14.0. The molecule has 0 aliphatic carbocycles. The second kappa shape index (κ2) is 9.23. The Labute approximate surface area is 209 Å². The molecule has 0 radical (unpaired) electrons. The molecule has 0 amide bonds. The van der Waals surface area contributed by atoms with Crippen LogP contribution in [0.5, 0.6) is 0 Å². The minimum atomic E-state index is -4.71. The van der Waals surface area contributed by atoms with E-state index in [1.165, 1.54) is 24.4 Å². The van der Waals surface area contributed by atoms with Crippen LogP contribution >= 0.6 is 0 Å². The van der Waals surface area contributed by atoms with Crippen LogP contribution in [0.2, 0.25) is 0 Å². The van der Waals surface area contributed by atoms with E-state index < -0.39 is 29.3 Å². The first-order valence-corrected chi connectivity index (χ1v) is 11.5. The summed E-state index contributed by atoms with van der Waals surface area (Å²) >= 11 is 0.